The lowest BCUT2D eigenvalue weighted by Gasteiger charge is -2.10. The lowest BCUT2D eigenvalue weighted by Crippen LogP contribution is -1.97. The standard InChI is InChI=1S/C16H13ClN2O/c1-10-5-6-15(13(17)7-10)20-16-12(9-18)8-11-3-2-4-14(11)19-16/h5-8H,2-4H2,1H3. The van der Waals surface area contributed by atoms with Crippen molar-refractivity contribution < 1.29 is 4.74 Å². The fourth-order valence-corrected chi connectivity index (χ4v) is 2.68. The number of aryl methyl sites for hydroxylation is 3. The predicted octanol–water partition coefficient (Wildman–Crippen LogP) is 4.20. The number of rotatable bonds is 2. The number of nitrogens with zero attached hydrogens (tertiary/aromatic N) is 2. The van der Waals surface area contributed by atoms with Crippen LogP contribution in [0.4, 0.5) is 0 Å². The van der Waals surface area contributed by atoms with Crippen molar-refractivity contribution in [2.24, 2.45) is 0 Å². The van der Waals surface area contributed by atoms with Crippen molar-refractivity contribution in [1.82, 2.24) is 4.98 Å². The monoisotopic (exact) mass is 284 g/mol. The maximum atomic E-state index is 9.24. The largest absolute Gasteiger partial charge is 0.436 e. The van der Waals surface area contributed by atoms with Gasteiger partial charge in [0, 0.05) is 5.69 Å². The number of aromatic nitrogens is 1. The van der Waals surface area contributed by atoms with Gasteiger partial charge in [0.05, 0.1) is 5.02 Å². The highest BCUT2D eigenvalue weighted by atomic mass is 35.5. The van der Waals surface area contributed by atoms with Crippen LogP contribution >= 0.6 is 11.6 Å². The van der Waals surface area contributed by atoms with Crippen molar-refractivity contribution in [2.45, 2.75) is 26.2 Å². The third-order valence-corrected chi connectivity index (χ3v) is 3.73. The Morgan fingerprint density at radius 3 is 2.90 bits per heavy atom. The van der Waals surface area contributed by atoms with Gasteiger partial charge in [0.2, 0.25) is 5.88 Å². The van der Waals surface area contributed by atoms with Gasteiger partial charge in [-0.1, -0.05) is 17.7 Å². The van der Waals surface area contributed by atoms with E-state index in [1.165, 1.54) is 0 Å². The minimum Gasteiger partial charge on any atom is -0.436 e. The Bertz CT molecular complexity index is 719. The average molecular weight is 285 g/mol. The van der Waals surface area contributed by atoms with E-state index in [1.807, 2.05) is 25.1 Å². The molecule has 100 valence electrons. The Hall–Kier alpha value is -2.05. The van der Waals surface area contributed by atoms with Crippen LogP contribution in [0.25, 0.3) is 0 Å². The van der Waals surface area contributed by atoms with Crippen LogP contribution in [0.5, 0.6) is 11.6 Å². The Balaban J connectivity index is 2.00. The molecule has 20 heavy (non-hydrogen) atoms. The van der Waals surface area contributed by atoms with E-state index in [1.54, 1.807) is 6.07 Å². The number of fused-ring (bicyclic) bond motifs is 1. The molecular formula is C16H13ClN2O. The van der Waals surface area contributed by atoms with Crippen molar-refractivity contribution >= 4 is 11.6 Å². The van der Waals surface area contributed by atoms with Crippen molar-refractivity contribution in [2.75, 3.05) is 0 Å². The molecule has 0 unspecified atom stereocenters. The molecule has 0 saturated heterocycles. The maximum absolute atomic E-state index is 9.24. The Labute approximate surface area is 122 Å². The minimum atomic E-state index is 0.346. The van der Waals surface area contributed by atoms with Gasteiger partial charge < -0.3 is 4.74 Å². The minimum absolute atomic E-state index is 0.346. The third-order valence-electron chi connectivity index (χ3n) is 3.43. The smallest absolute Gasteiger partial charge is 0.237 e. The molecule has 4 heteroatoms. The molecule has 0 atom stereocenters. The summed E-state index contributed by atoms with van der Waals surface area (Å²) in [5.74, 6) is 0.873. The van der Waals surface area contributed by atoms with E-state index < -0.39 is 0 Å². The fraction of sp³-hybridized carbons (Fsp3) is 0.250. The molecule has 3 nitrogen and oxygen atoms in total. The van der Waals surface area contributed by atoms with Crippen LogP contribution in [0.1, 0.15) is 28.8 Å². The van der Waals surface area contributed by atoms with Crippen LogP contribution < -0.4 is 4.74 Å². The maximum Gasteiger partial charge on any atom is 0.237 e. The zero-order chi connectivity index (χ0) is 14.1. The molecule has 0 aliphatic heterocycles. The number of ether oxygens (including phenoxy) is 1. The first-order chi connectivity index (χ1) is 9.67. The summed E-state index contributed by atoms with van der Waals surface area (Å²) in [7, 11) is 0. The normalized spacial score (nSPS) is 12.8. The topological polar surface area (TPSA) is 45.9 Å². The van der Waals surface area contributed by atoms with Crippen LogP contribution in [0.3, 0.4) is 0 Å². The number of halogens is 1. The number of hydrogen-bond donors (Lipinski definition) is 0. The molecule has 1 aromatic carbocycles. The molecule has 0 fully saturated rings. The highest BCUT2D eigenvalue weighted by molar-refractivity contribution is 6.32. The Morgan fingerprint density at radius 2 is 2.15 bits per heavy atom. The number of benzene rings is 1. The number of pyridine rings is 1. The molecule has 0 spiro atoms. The SMILES string of the molecule is Cc1ccc(Oc2nc3c(cc2C#N)CCC3)c(Cl)c1. The van der Waals surface area contributed by atoms with Gasteiger partial charge in [-0.05, 0) is 55.5 Å². The summed E-state index contributed by atoms with van der Waals surface area (Å²) < 4.78 is 5.75. The van der Waals surface area contributed by atoms with E-state index in [0.717, 1.165) is 36.1 Å². The summed E-state index contributed by atoms with van der Waals surface area (Å²) in [5.41, 5.74) is 3.71. The molecule has 0 saturated carbocycles. The van der Waals surface area contributed by atoms with Crippen LogP contribution in [-0.2, 0) is 12.8 Å². The van der Waals surface area contributed by atoms with Gasteiger partial charge in [0.25, 0.3) is 0 Å². The van der Waals surface area contributed by atoms with E-state index in [4.69, 9.17) is 16.3 Å². The van der Waals surface area contributed by atoms with E-state index >= 15 is 0 Å². The second-order valence-corrected chi connectivity index (χ2v) is 5.36. The summed E-state index contributed by atoms with van der Waals surface area (Å²) in [6, 6.07) is 9.57. The van der Waals surface area contributed by atoms with E-state index in [-0.39, 0.29) is 0 Å². The van der Waals surface area contributed by atoms with Crippen LogP contribution in [0.2, 0.25) is 5.02 Å². The van der Waals surface area contributed by atoms with Gasteiger partial charge in [-0.3, -0.25) is 0 Å². The first-order valence-electron chi connectivity index (χ1n) is 6.54. The molecule has 3 rings (SSSR count). The molecule has 1 aliphatic rings. The molecule has 1 heterocycles. The second kappa shape index (κ2) is 5.15. The van der Waals surface area contributed by atoms with E-state index in [2.05, 4.69) is 11.1 Å². The number of nitriles is 1. The van der Waals surface area contributed by atoms with Crippen molar-refractivity contribution in [3.8, 4) is 17.7 Å². The molecule has 1 aromatic heterocycles. The van der Waals surface area contributed by atoms with E-state index in [9.17, 15) is 5.26 Å². The quantitative estimate of drug-likeness (QED) is 0.830. The first kappa shape index (κ1) is 13.0. The summed E-state index contributed by atoms with van der Waals surface area (Å²) in [4.78, 5) is 4.48. The van der Waals surface area contributed by atoms with Crippen LogP contribution in [0, 0.1) is 18.3 Å². The highest BCUT2D eigenvalue weighted by Gasteiger charge is 2.18. The van der Waals surface area contributed by atoms with Gasteiger partial charge in [0.1, 0.15) is 17.4 Å². The Morgan fingerprint density at radius 1 is 1.30 bits per heavy atom. The highest BCUT2D eigenvalue weighted by Crippen LogP contribution is 2.33. The summed E-state index contributed by atoms with van der Waals surface area (Å²) in [6.07, 6.45) is 3.02. The molecule has 0 radical (unpaired) electrons. The van der Waals surface area contributed by atoms with Gasteiger partial charge in [-0.25, -0.2) is 4.98 Å². The lowest BCUT2D eigenvalue weighted by molar-refractivity contribution is 0.459. The van der Waals surface area contributed by atoms with Crippen LogP contribution in [-0.4, -0.2) is 4.98 Å². The third kappa shape index (κ3) is 2.35. The van der Waals surface area contributed by atoms with Gasteiger partial charge in [-0.2, -0.15) is 5.26 Å². The molecular weight excluding hydrogens is 272 g/mol. The lowest BCUT2D eigenvalue weighted by atomic mass is 10.1. The summed E-state index contributed by atoms with van der Waals surface area (Å²) in [5, 5.41) is 9.76. The molecule has 1 aliphatic carbocycles. The van der Waals surface area contributed by atoms with Gasteiger partial charge >= 0.3 is 0 Å². The zero-order valence-corrected chi connectivity index (χ0v) is 11.9. The van der Waals surface area contributed by atoms with Crippen molar-refractivity contribution in [3.63, 3.8) is 0 Å². The molecule has 0 bridgehead atoms. The molecule has 2 aromatic rings. The van der Waals surface area contributed by atoms with Crippen molar-refractivity contribution in [1.29, 1.82) is 5.26 Å². The van der Waals surface area contributed by atoms with Gasteiger partial charge in [0.15, 0.2) is 0 Å². The number of hydrogen-bond acceptors (Lipinski definition) is 3. The van der Waals surface area contributed by atoms with Crippen molar-refractivity contribution in [3.05, 3.63) is 51.7 Å². The van der Waals surface area contributed by atoms with Gasteiger partial charge in [-0.15, -0.1) is 0 Å². The van der Waals surface area contributed by atoms with Crippen LogP contribution in [0.15, 0.2) is 24.3 Å². The van der Waals surface area contributed by atoms with E-state index in [0.29, 0.717) is 22.2 Å². The molecule has 0 N–H and O–H groups in total. The fourth-order valence-electron chi connectivity index (χ4n) is 2.40. The zero-order valence-electron chi connectivity index (χ0n) is 11.1. The summed E-state index contributed by atoms with van der Waals surface area (Å²) in [6.45, 7) is 1.96. The predicted molar refractivity (Wildman–Crippen MR) is 77.2 cm³/mol. The first-order valence-corrected chi connectivity index (χ1v) is 6.92. The average Bonchev–Trinajstić information content (AvgIpc) is 2.88. The molecule has 0 amide bonds. The Kier molecular flexibility index (Phi) is 3.33. The summed E-state index contributed by atoms with van der Waals surface area (Å²) >= 11 is 6.16. The second-order valence-electron chi connectivity index (χ2n) is 4.95.